The number of benzene rings is 8. The summed E-state index contributed by atoms with van der Waals surface area (Å²) in [7, 11) is 0. The van der Waals surface area contributed by atoms with E-state index in [2.05, 4.69) is 133 Å². The molecule has 0 fully saturated rings. The molecule has 0 saturated carbocycles. The van der Waals surface area contributed by atoms with E-state index in [1.54, 1.807) is 0 Å². The minimum Gasteiger partial charge on any atom is -0.208 e. The summed E-state index contributed by atoms with van der Waals surface area (Å²) in [5.41, 5.74) is 2.89. The lowest BCUT2D eigenvalue weighted by atomic mass is 9.93. The maximum absolute atomic E-state index is 5.07. The van der Waals surface area contributed by atoms with Gasteiger partial charge in [-0.3, -0.25) is 0 Å². The molecule has 0 bridgehead atoms. The van der Waals surface area contributed by atoms with Gasteiger partial charge in [-0.15, -0.1) is 11.3 Å². The fourth-order valence-corrected chi connectivity index (χ4v) is 8.12. The molecule has 218 valence electrons. The van der Waals surface area contributed by atoms with Crippen LogP contribution in [0.5, 0.6) is 0 Å². The van der Waals surface area contributed by atoms with Crippen LogP contribution in [-0.2, 0) is 0 Å². The first-order valence-corrected chi connectivity index (χ1v) is 16.6. The van der Waals surface area contributed by atoms with Crippen molar-refractivity contribution in [1.82, 2.24) is 15.0 Å². The Morgan fingerprint density at radius 2 is 0.894 bits per heavy atom. The lowest BCUT2D eigenvalue weighted by molar-refractivity contribution is 1.08. The molecule has 0 saturated heterocycles. The highest BCUT2D eigenvalue weighted by molar-refractivity contribution is 7.26. The van der Waals surface area contributed by atoms with Crippen LogP contribution >= 0.6 is 11.3 Å². The van der Waals surface area contributed by atoms with Gasteiger partial charge in [-0.2, -0.15) is 0 Å². The molecule has 0 aliphatic carbocycles. The summed E-state index contributed by atoms with van der Waals surface area (Å²) in [6.45, 7) is 0. The predicted molar refractivity (Wildman–Crippen MR) is 199 cm³/mol. The van der Waals surface area contributed by atoms with E-state index in [0.29, 0.717) is 17.5 Å². The third-order valence-corrected chi connectivity index (χ3v) is 10.4. The molecule has 0 amide bonds. The molecule has 4 heteroatoms. The van der Waals surface area contributed by atoms with Gasteiger partial charge in [0.2, 0.25) is 0 Å². The van der Waals surface area contributed by atoms with Crippen molar-refractivity contribution in [2.24, 2.45) is 0 Å². The Morgan fingerprint density at radius 3 is 1.70 bits per heavy atom. The Labute approximate surface area is 274 Å². The molecule has 0 radical (unpaired) electrons. The first-order chi connectivity index (χ1) is 23.3. The molecule has 3 nitrogen and oxygen atoms in total. The fourth-order valence-electron chi connectivity index (χ4n) is 7.00. The van der Waals surface area contributed by atoms with Gasteiger partial charge in [0.1, 0.15) is 0 Å². The van der Waals surface area contributed by atoms with E-state index < -0.39 is 0 Å². The molecule has 2 aromatic heterocycles. The molecule has 10 aromatic rings. The number of thiophene rings is 1. The van der Waals surface area contributed by atoms with Crippen LogP contribution in [0.15, 0.2) is 152 Å². The van der Waals surface area contributed by atoms with Crippen LogP contribution < -0.4 is 0 Å². The topological polar surface area (TPSA) is 38.7 Å². The van der Waals surface area contributed by atoms with Crippen LogP contribution in [0.3, 0.4) is 0 Å². The lowest BCUT2D eigenvalue weighted by Gasteiger charge is -2.12. The Hall–Kier alpha value is -5.97. The van der Waals surface area contributed by atoms with Crippen molar-refractivity contribution in [2.45, 2.75) is 0 Å². The largest absolute Gasteiger partial charge is 0.208 e. The zero-order valence-corrected chi connectivity index (χ0v) is 26.0. The number of nitrogens with zero attached hydrogens (tertiary/aromatic N) is 3. The number of hydrogen-bond donors (Lipinski definition) is 0. The van der Waals surface area contributed by atoms with Gasteiger partial charge in [0.15, 0.2) is 17.5 Å². The molecular formula is C43H25N3S. The van der Waals surface area contributed by atoms with Gasteiger partial charge in [-0.05, 0) is 67.4 Å². The summed E-state index contributed by atoms with van der Waals surface area (Å²) in [6.07, 6.45) is 0. The number of fused-ring (bicyclic) bond motifs is 10. The summed E-state index contributed by atoms with van der Waals surface area (Å²) in [5.74, 6) is 1.99. The summed E-state index contributed by atoms with van der Waals surface area (Å²) >= 11 is 1.87. The SMILES string of the molecule is c1ccc(-c2nc(-c3ccc4ccccc4c3)nc(-c3ccc4c(ccc5ccc6ccc7sc8ccccc8c7c6c54)c3)n2)cc1. The summed E-state index contributed by atoms with van der Waals surface area (Å²) in [4.78, 5) is 15.1. The standard InChI is InChI=1S/C43H25N3S/c1-2-9-29(10-3-1)41-44-42(32-19-14-26-8-4-5-11-30(26)24-32)46-43(45-41)33-20-22-34-31(25-33)18-17-27-15-16-28-21-23-37-40(39(28)38(27)34)35-12-6-7-13-36(35)47-37/h1-25H. The van der Waals surface area contributed by atoms with E-state index in [0.717, 1.165) is 27.5 Å². The minimum atomic E-state index is 0.660. The van der Waals surface area contributed by atoms with E-state index in [1.165, 1.54) is 52.5 Å². The van der Waals surface area contributed by atoms with Crippen LogP contribution in [-0.4, -0.2) is 15.0 Å². The summed E-state index contributed by atoms with van der Waals surface area (Å²) in [6, 6.07) is 53.9. The highest BCUT2D eigenvalue weighted by Gasteiger charge is 2.16. The van der Waals surface area contributed by atoms with Crippen LogP contribution in [0.25, 0.3) is 97.4 Å². The van der Waals surface area contributed by atoms with E-state index in [9.17, 15) is 0 Å². The highest BCUT2D eigenvalue weighted by atomic mass is 32.1. The third-order valence-electron chi connectivity index (χ3n) is 9.25. The van der Waals surface area contributed by atoms with E-state index in [4.69, 9.17) is 15.0 Å². The van der Waals surface area contributed by atoms with E-state index in [1.807, 2.05) is 29.5 Å². The van der Waals surface area contributed by atoms with Gasteiger partial charge < -0.3 is 0 Å². The fraction of sp³-hybridized carbons (Fsp3) is 0. The normalized spacial score (nSPS) is 11.8. The first kappa shape index (κ1) is 26.3. The molecule has 0 aliphatic heterocycles. The number of hydrogen-bond acceptors (Lipinski definition) is 4. The maximum atomic E-state index is 5.07. The summed E-state index contributed by atoms with van der Waals surface area (Å²) < 4.78 is 2.64. The van der Waals surface area contributed by atoms with Gasteiger partial charge in [0.05, 0.1) is 0 Å². The molecule has 0 unspecified atom stereocenters. The molecule has 0 spiro atoms. The Morgan fingerprint density at radius 1 is 0.319 bits per heavy atom. The monoisotopic (exact) mass is 615 g/mol. The summed E-state index contributed by atoms with van der Waals surface area (Å²) in [5, 5.41) is 12.5. The molecule has 10 rings (SSSR count). The van der Waals surface area contributed by atoms with Crippen LogP contribution in [0.4, 0.5) is 0 Å². The molecule has 47 heavy (non-hydrogen) atoms. The maximum Gasteiger partial charge on any atom is 0.164 e. The van der Waals surface area contributed by atoms with Crippen molar-refractivity contribution >= 4 is 74.6 Å². The van der Waals surface area contributed by atoms with Gasteiger partial charge in [-0.25, -0.2) is 15.0 Å². The van der Waals surface area contributed by atoms with Crippen molar-refractivity contribution in [3.05, 3.63) is 152 Å². The molecule has 0 atom stereocenters. The van der Waals surface area contributed by atoms with Crippen molar-refractivity contribution < 1.29 is 0 Å². The zero-order chi connectivity index (χ0) is 30.9. The van der Waals surface area contributed by atoms with Crippen molar-refractivity contribution in [3.8, 4) is 34.2 Å². The average Bonchev–Trinajstić information content (AvgIpc) is 3.53. The zero-order valence-electron chi connectivity index (χ0n) is 25.2. The molecule has 2 heterocycles. The number of rotatable bonds is 3. The molecule has 8 aromatic carbocycles. The van der Waals surface area contributed by atoms with E-state index in [-0.39, 0.29) is 0 Å². The minimum absolute atomic E-state index is 0.660. The molecule has 0 aliphatic rings. The van der Waals surface area contributed by atoms with Crippen LogP contribution in [0.1, 0.15) is 0 Å². The Kier molecular flexibility index (Phi) is 5.74. The smallest absolute Gasteiger partial charge is 0.164 e. The second kappa shape index (κ2) is 10.3. The Bertz CT molecular complexity index is 2850. The van der Waals surface area contributed by atoms with Gasteiger partial charge >= 0.3 is 0 Å². The quantitative estimate of drug-likeness (QED) is 0.186. The van der Waals surface area contributed by atoms with Crippen molar-refractivity contribution in [2.75, 3.05) is 0 Å². The number of aromatic nitrogens is 3. The van der Waals surface area contributed by atoms with Crippen LogP contribution in [0, 0.1) is 0 Å². The van der Waals surface area contributed by atoms with Gasteiger partial charge in [-0.1, -0.05) is 127 Å². The highest BCUT2D eigenvalue weighted by Crippen LogP contribution is 2.43. The van der Waals surface area contributed by atoms with E-state index >= 15 is 0 Å². The molecule has 0 N–H and O–H groups in total. The lowest BCUT2D eigenvalue weighted by Crippen LogP contribution is -2.00. The molecular weight excluding hydrogens is 591 g/mol. The predicted octanol–water partition coefficient (Wildman–Crippen LogP) is 11.9. The third kappa shape index (κ3) is 4.23. The first-order valence-electron chi connectivity index (χ1n) is 15.8. The Balaban J connectivity index is 1.21. The second-order valence-electron chi connectivity index (χ2n) is 12.0. The van der Waals surface area contributed by atoms with Crippen LogP contribution in [0.2, 0.25) is 0 Å². The van der Waals surface area contributed by atoms with Crippen molar-refractivity contribution in [1.29, 1.82) is 0 Å². The van der Waals surface area contributed by atoms with Crippen molar-refractivity contribution in [3.63, 3.8) is 0 Å². The van der Waals surface area contributed by atoms with Gasteiger partial charge in [0.25, 0.3) is 0 Å². The average molecular weight is 616 g/mol. The second-order valence-corrected chi connectivity index (χ2v) is 13.1. The van der Waals surface area contributed by atoms with Gasteiger partial charge in [0, 0.05) is 36.9 Å².